The fourth-order valence-corrected chi connectivity index (χ4v) is 2.95. The number of nitrogens with zero attached hydrogens (tertiary/aromatic N) is 1. The molecule has 1 fully saturated rings. The summed E-state index contributed by atoms with van der Waals surface area (Å²) in [5.41, 5.74) is 1.38. The number of amides is 3. The lowest BCUT2D eigenvalue weighted by atomic mass is 10.0. The van der Waals surface area contributed by atoms with Gasteiger partial charge in [0.1, 0.15) is 0 Å². The van der Waals surface area contributed by atoms with Gasteiger partial charge < -0.3 is 20.3 Å². The van der Waals surface area contributed by atoms with Gasteiger partial charge in [-0.15, -0.1) is 0 Å². The van der Waals surface area contributed by atoms with Crippen molar-refractivity contribution in [2.24, 2.45) is 0 Å². The lowest BCUT2D eigenvalue weighted by molar-refractivity contribution is -0.119. The number of ketones is 1. The number of carbonyl (C=O) groups is 4. The second-order valence-corrected chi connectivity index (χ2v) is 6.88. The number of benzene rings is 1. The highest BCUT2D eigenvalue weighted by molar-refractivity contribution is 6.06. The molecule has 2 N–H and O–H groups in total. The van der Waals surface area contributed by atoms with Crippen LogP contribution in [0.2, 0.25) is 0 Å². The summed E-state index contributed by atoms with van der Waals surface area (Å²) < 4.78 is 4.98. The zero-order valence-electron chi connectivity index (χ0n) is 17.0. The van der Waals surface area contributed by atoms with Gasteiger partial charge in [0.2, 0.25) is 11.8 Å². The summed E-state index contributed by atoms with van der Waals surface area (Å²) in [6.07, 6.45) is 2.17. The summed E-state index contributed by atoms with van der Waals surface area (Å²) >= 11 is 0. The number of ether oxygens (including phenoxy) is 1. The van der Waals surface area contributed by atoms with E-state index in [1.165, 1.54) is 13.0 Å². The molecule has 0 saturated carbocycles. The zero-order valence-corrected chi connectivity index (χ0v) is 17.0. The van der Waals surface area contributed by atoms with E-state index in [1.54, 1.807) is 43.0 Å². The maximum atomic E-state index is 12.3. The first-order chi connectivity index (χ1) is 13.8. The van der Waals surface area contributed by atoms with Crippen molar-refractivity contribution in [2.75, 3.05) is 25.0 Å². The molecule has 0 spiro atoms. The Morgan fingerprint density at radius 1 is 1.10 bits per heavy atom. The fourth-order valence-electron chi connectivity index (χ4n) is 2.95. The highest BCUT2D eigenvalue weighted by Gasteiger charge is 2.24. The standard InChI is InChI=1S/C21H27N3O5/c1-4-29-21(28)24-11-9-18(10-12-24)23-20(27)14(2)13-19(26)22-17-7-5-16(6-8-17)15(3)25/h5-8,13,18H,4,9-12H2,1-3H3,(H,22,26)(H,23,27)/b14-13+. The first kappa shape index (κ1) is 22.1. The molecule has 0 bridgehead atoms. The number of likely N-dealkylation sites (tertiary alicyclic amines) is 1. The van der Waals surface area contributed by atoms with Crippen molar-refractivity contribution in [3.05, 3.63) is 41.5 Å². The Morgan fingerprint density at radius 2 is 1.72 bits per heavy atom. The highest BCUT2D eigenvalue weighted by atomic mass is 16.6. The maximum Gasteiger partial charge on any atom is 0.409 e. The minimum Gasteiger partial charge on any atom is -0.450 e. The van der Waals surface area contributed by atoms with E-state index in [9.17, 15) is 19.2 Å². The van der Waals surface area contributed by atoms with Crippen molar-refractivity contribution in [3.63, 3.8) is 0 Å². The second-order valence-electron chi connectivity index (χ2n) is 6.88. The molecule has 0 atom stereocenters. The molecule has 2 rings (SSSR count). The van der Waals surface area contributed by atoms with Crippen LogP contribution < -0.4 is 10.6 Å². The van der Waals surface area contributed by atoms with Gasteiger partial charge in [0.05, 0.1) is 6.61 Å². The van der Waals surface area contributed by atoms with Gasteiger partial charge in [-0.25, -0.2) is 4.79 Å². The second kappa shape index (κ2) is 10.4. The number of hydrogen-bond acceptors (Lipinski definition) is 5. The summed E-state index contributed by atoms with van der Waals surface area (Å²) in [6, 6.07) is 6.47. The molecule has 1 heterocycles. The largest absolute Gasteiger partial charge is 0.450 e. The zero-order chi connectivity index (χ0) is 21.4. The summed E-state index contributed by atoms with van der Waals surface area (Å²) in [5, 5.41) is 5.56. The van der Waals surface area contributed by atoms with E-state index in [-0.39, 0.29) is 29.4 Å². The summed E-state index contributed by atoms with van der Waals surface area (Å²) in [5.74, 6) is -0.796. The summed E-state index contributed by atoms with van der Waals surface area (Å²) in [4.78, 5) is 49.1. The smallest absolute Gasteiger partial charge is 0.409 e. The third-order valence-corrected chi connectivity index (χ3v) is 4.62. The van der Waals surface area contributed by atoms with Crippen LogP contribution in [0, 0.1) is 0 Å². The van der Waals surface area contributed by atoms with E-state index in [0.717, 1.165) is 0 Å². The molecule has 1 saturated heterocycles. The van der Waals surface area contributed by atoms with Crippen LogP contribution in [0.5, 0.6) is 0 Å². The van der Waals surface area contributed by atoms with Gasteiger partial charge in [-0.1, -0.05) is 0 Å². The van der Waals surface area contributed by atoms with E-state index in [4.69, 9.17) is 4.74 Å². The van der Waals surface area contributed by atoms with E-state index in [1.807, 2.05) is 0 Å². The van der Waals surface area contributed by atoms with E-state index >= 15 is 0 Å². The number of Topliss-reactive ketones (excluding diaryl/α,β-unsaturated/α-hetero) is 1. The van der Waals surface area contributed by atoms with E-state index < -0.39 is 5.91 Å². The Balaban J connectivity index is 1.83. The number of rotatable bonds is 6. The number of carbonyl (C=O) groups excluding carboxylic acids is 4. The highest BCUT2D eigenvalue weighted by Crippen LogP contribution is 2.13. The van der Waals surface area contributed by atoms with Crippen molar-refractivity contribution in [3.8, 4) is 0 Å². The van der Waals surface area contributed by atoms with Crippen LogP contribution >= 0.6 is 0 Å². The molecule has 1 aromatic carbocycles. The van der Waals surface area contributed by atoms with Crippen molar-refractivity contribution in [1.29, 1.82) is 0 Å². The van der Waals surface area contributed by atoms with Crippen LogP contribution in [0.1, 0.15) is 44.0 Å². The third-order valence-electron chi connectivity index (χ3n) is 4.62. The number of anilines is 1. The van der Waals surface area contributed by atoms with Gasteiger partial charge in [0, 0.05) is 42.0 Å². The van der Waals surface area contributed by atoms with Gasteiger partial charge in [-0.05, 0) is 57.9 Å². The Bertz CT molecular complexity index is 793. The molecule has 3 amide bonds. The lowest BCUT2D eigenvalue weighted by Gasteiger charge is -2.31. The van der Waals surface area contributed by atoms with Gasteiger partial charge in [0.15, 0.2) is 5.78 Å². The fraction of sp³-hybridized carbons (Fsp3) is 0.429. The van der Waals surface area contributed by atoms with Crippen LogP contribution in [0.15, 0.2) is 35.9 Å². The minimum absolute atomic E-state index is 0.0524. The number of hydrogen-bond donors (Lipinski definition) is 2. The van der Waals surface area contributed by atoms with Crippen LogP contribution in [-0.2, 0) is 14.3 Å². The van der Waals surface area contributed by atoms with Crippen LogP contribution in [0.25, 0.3) is 0 Å². The monoisotopic (exact) mass is 401 g/mol. The molecule has 1 aliphatic heterocycles. The Labute approximate surface area is 170 Å². The first-order valence-corrected chi connectivity index (χ1v) is 9.63. The minimum atomic E-state index is -0.426. The quantitative estimate of drug-likeness (QED) is 0.563. The Hall–Kier alpha value is -3.16. The van der Waals surface area contributed by atoms with E-state index in [0.29, 0.717) is 43.8 Å². The normalized spacial score (nSPS) is 14.9. The average molecular weight is 401 g/mol. The number of nitrogens with one attached hydrogen (secondary N) is 2. The lowest BCUT2D eigenvalue weighted by Crippen LogP contribution is -2.46. The Kier molecular flexibility index (Phi) is 7.94. The van der Waals surface area contributed by atoms with Crippen molar-refractivity contribution in [1.82, 2.24) is 10.2 Å². The van der Waals surface area contributed by atoms with Crippen LogP contribution in [0.4, 0.5) is 10.5 Å². The van der Waals surface area contributed by atoms with Gasteiger partial charge in [0.25, 0.3) is 0 Å². The molecule has 0 unspecified atom stereocenters. The van der Waals surface area contributed by atoms with Crippen molar-refractivity contribution >= 4 is 29.4 Å². The molecular weight excluding hydrogens is 374 g/mol. The van der Waals surface area contributed by atoms with Crippen LogP contribution in [-0.4, -0.2) is 54.3 Å². The predicted molar refractivity (Wildman–Crippen MR) is 109 cm³/mol. The third kappa shape index (κ3) is 6.74. The summed E-state index contributed by atoms with van der Waals surface area (Å²) in [7, 11) is 0. The molecule has 8 nitrogen and oxygen atoms in total. The molecule has 156 valence electrons. The SMILES string of the molecule is CCOC(=O)N1CCC(NC(=O)/C(C)=C/C(=O)Nc2ccc(C(C)=O)cc2)CC1. The average Bonchev–Trinajstić information content (AvgIpc) is 2.69. The van der Waals surface area contributed by atoms with Crippen molar-refractivity contribution < 1.29 is 23.9 Å². The van der Waals surface area contributed by atoms with E-state index in [2.05, 4.69) is 10.6 Å². The molecule has 1 aromatic rings. The molecule has 29 heavy (non-hydrogen) atoms. The molecular formula is C21H27N3O5. The molecule has 0 radical (unpaired) electrons. The first-order valence-electron chi connectivity index (χ1n) is 9.63. The molecule has 1 aliphatic rings. The van der Waals surface area contributed by atoms with Crippen molar-refractivity contribution in [2.45, 2.75) is 39.7 Å². The molecule has 8 heteroatoms. The molecule has 0 aliphatic carbocycles. The maximum absolute atomic E-state index is 12.3. The topological polar surface area (TPSA) is 105 Å². The Morgan fingerprint density at radius 3 is 2.28 bits per heavy atom. The van der Waals surface area contributed by atoms with Crippen LogP contribution in [0.3, 0.4) is 0 Å². The predicted octanol–water partition coefficient (Wildman–Crippen LogP) is 2.51. The van der Waals surface area contributed by atoms with Gasteiger partial charge >= 0.3 is 6.09 Å². The van der Waals surface area contributed by atoms with Gasteiger partial charge in [-0.3, -0.25) is 14.4 Å². The summed E-state index contributed by atoms with van der Waals surface area (Å²) in [6.45, 7) is 6.17. The van der Waals surface area contributed by atoms with Gasteiger partial charge in [-0.2, -0.15) is 0 Å². The molecule has 0 aromatic heterocycles. The number of piperidine rings is 1.